The molecule has 186 valence electrons. The summed E-state index contributed by atoms with van der Waals surface area (Å²) in [6.07, 6.45) is 0. The molecule has 0 bridgehead atoms. The highest BCUT2D eigenvalue weighted by atomic mass is 16.5. The summed E-state index contributed by atoms with van der Waals surface area (Å²) < 4.78 is 11.2. The molecule has 0 atom stereocenters. The number of phenolic OH excluding ortho intramolecular Hbond substituents is 2. The maximum atomic E-state index is 12.9. The van der Waals surface area contributed by atoms with E-state index in [1.54, 1.807) is 0 Å². The van der Waals surface area contributed by atoms with Gasteiger partial charge in [0, 0.05) is 11.1 Å². The van der Waals surface area contributed by atoms with Crippen LogP contribution in [0.3, 0.4) is 0 Å². The molecule has 0 aliphatic carbocycles. The van der Waals surface area contributed by atoms with Gasteiger partial charge in [0.25, 0.3) is 0 Å². The van der Waals surface area contributed by atoms with E-state index in [9.17, 15) is 19.8 Å². The fraction of sp³-hybridized carbons (Fsp3) is 0. The topological polar surface area (TPSA) is 93.1 Å². The Hall–Kier alpha value is -5.36. The SMILES string of the molecule is O=C(Oc1ccc(O)cc1-c1ccccc1)c1ccc(C(=O)Oc2ccc(O)cc2-c2ccccc2)cc1. The van der Waals surface area contributed by atoms with Gasteiger partial charge in [0.15, 0.2) is 0 Å². The third-order valence-corrected chi connectivity index (χ3v) is 5.86. The molecular weight excluding hydrogens is 480 g/mol. The average Bonchev–Trinajstić information content (AvgIpc) is 2.96. The van der Waals surface area contributed by atoms with Crippen molar-refractivity contribution in [1.82, 2.24) is 0 Å². The van der Waals surface area contributed by atoms with Gasteiger partial charge in [-0.1, -0.05) is 60.7 Å². The van der Waals surface area contributed by atoms with Crippen LogP contribution in [0.15, 0.2) is 121 Å². The summed E-state index contributed by atoms with van der Waals surface area (Å²) in [7, 11) is 0. The van der Waals surface area contributed by atoms with Gasteiger partial charge >= 0.3 is 11.9 Å². The van der Waals surface area contributed by atoms with Gasteiger partial charge in [0.05, 0.1) is 11.1 Å². The van der Waals surface area contributed by atoms with Gasteiger partial charge in [0.1, 0.15) is 23.0 Å². The minimum absolute atomic E-state index is 0.0515. The fourth-order valence-electron chi connectivity index (χ4n) is 3.96. The van der Waals surface area contributed by atoms with Crippen LogP contribution in [-0.2, 0) is 0 Å². The molecular formula is C32H22O6. The van der Waals surface area contributed by atoms with Gasteiger partial charge in [-0.05, 0) is 71.8 Å². The van der Waals surface area contributed by atoms with E-state index in [-0.39, 0.29) is 22.6 Å². The molecule has 0 unspecified atom stereocenters. The van der Waals surface area contributed by atoms with Crippen molar-refractivity contribution in [1.29, 1.82) is 0 Å². The van der Waals surface area contributed by atoms with Gasteiger partial charge in [-0.3, -0.25) is 0 Å². The first-order valence-corrected chi connectivity index (χ1v) is 11.8. The Morgan fingerprint density at radius 2 is 0.842 bits per heavy atom. The number of carbonyl (C=O) groups is 2. The lowest BCUT2D eigenvalue weighted by atomic mass is 10.0. The molecule has 5 rings (SSSR count). The van der Waals surface area contributed by atoms with Crippen molar-refractivity contribution in [3.63, 3.8) is 0 Å². The molecule has 5 aromatic carbocycles. The smallest absolute Gasteiger partial charge is 0.343 e. The van der Waals surface area contributed by atoms with E-state index in [4.69, 9.17) is 9.47 Å². The number of phenols is 2. The first kappa shape index (κ1) is 24.3. The highest BCUT2D eigenvalue weighted by molar-refractivity contribution is 5.96. The van der Waals surface area contributed by atoms with Crippen molar-refractivity contribution in [3.05, 3.63) is 132 Å². The van der Waals surface area contributed by atoms with Gasteiger partial charge in [0.2, 0.25) is 0 Å². The van der Waals surface area contributed by atoms with E-state index in [1.165, 1.54) is 60.7 Å². The van der Waals surface area contributed by atoms with Crippen molar-refractivity contribution < 1.29 is 29.3 Å². The first-order chi connectivity index (χ1) is 18.5. The molecule has 0 aromatic heterocycles. The van der Waals surface area contributed by atoms with Crippen molar-refractivity contribution in [2.24, 2.45) is 0 Å². The van der Waals surface area contributed by atoms with Crippen molar-refractivity contribution >= 4 is 11.9 Å². The molecule has 2 N–H and O–H groups in total. The third kappa shape index (κ3) is 5.39. The lowest BCUT2D eigenvalue weighted by Gasteiger charge is -2.12. The molecule has 0 spiro atoms. The molecule has 0 saturated heterocycles. The summed E-state index contributed by atoms with van der Waals surface area (Å²) in [6.45, 7) is 0. The van der Waals surface area contributed by atoms with Crippen LogP contribution in [0.1, 0.15) is 20.7 Å². The molecule has 0 fully saturated rings. The fourth-order valence-corrected chi connectivity index (χ4v) is 3.96. The van der Waals surface area contributed by atoms with Gasteiger partial charge < -0.3 is 19.7 Å². The normalized spacial score (nSPS) is 10.5. The Bertz CT molecular complexity index is 1470. The Balaban J connectivity index is 1.33. The van der Waals surface area contributed by atoms with E-state index < -0.39 is 11.9 Å². The number of aromatic hydroxyl groups is 2. The van der Waals surface area contributed by atoms with E-state index in [0.717, 1.165) is 11.1 Å². The average molecular weight is 503 g/mol. The van der Waals surface area contributed by atoms with Crippen LogP contribution >= 0.6 is 0 Å². The summed E-state index contributed by atoms with van der Waals surface area (Å²) in [4.78, 5) is 25.7. The Morgan fingerprint density at radius 3 is 1.21 bits per heavy atom. The van der Waals surface area contributed by atoms with Crippen LogP contribution in [0.2, 0.25) is 0 Å². The zero-order valence-electron chi connectivity index (χ0n) is 20.1. The Morgan fingerprint density at radius 1 is 0.474 bits per heavy atom. The lowest BCUT2D eigenvalue weighted by Crippen LogP contribution is -2.12. The van der Waals surface area contributed by atoms with E-state index in [0.29, 0.717) is 22.6 Å². The second-order valence-electron chi connectivity index (χ2n) is 8.45. The molecule has 6 nitrogen and oxygen atoms in total. The van der Waals surface area contributed by atoms with E-state index in [2.05, 4.69) is 0 Å². The molecule has 5 aromatic rings. The van der Waals surface area contributed by atoms with Crippen LogP contribution in [0.25, 0.3) is 22.3 Å². The van der Waals surface area contributed by atoms with Crippen molar-refractivity contribution in [2.45, 2.75) is 0 Å². The number of hydrogen-bond donors (Lipinski definition) is 2. The number of ether oxygens (including phenoxy) is 2. The third-order valence-electron chi connectivity index (χ3n) is 5.86. The molecule has 38 heavy (non-hydrogen) atoms. The van der Waals surface area contributed by atoms with Crippen LogP contribution < -0.4 is 9.47 Å². The second kappa shape index (κ2) is 10.7. The first-order valence-electron chi connectivity index (χ1n) is 11.8. The Kier molecular flexibility index (Phi) is 6.87. The predicted molar refractivity (Wildman–Crippen MR) is 143 cm³/mol. The quantitative estimate of drug-likeness (QED) is 0.194. The summed E-state index contributed by atoms with van der Waals surface area (Å²) in [5.74, 6) is -0.534. The molecule has 0 aliphatic rings. The van der Waals surface area contributed by atoms with Crippen LogP contribution in [-0.4, -0.2) is 22.2 Å². The molecule has 0 radical (unpaired) electrons. The van der Waals surface area contributed by atoms with Crippen molar-refractivity contribution in [3.8, 4) is 45.3 Å². The summed E-state index contributed by atoms with van der Waals surface area (Å²) in [6, 6.07) is 33.5. The van der Waals surface area contributed by atoms with Gasteiger partial charge in [-0.25, -0.2) is 9.59 Å². The lowest BCUT2D eigenvalue weighted by molar-refractivity contribution is 0.0721. The molecule has 0 amide bonds. The molecule has 0 saturated carbocycles. The standard InChI is InChI=1S/C32H22O6/c33-25-15-17-29(27(19-25)21-7-3-1-4-8-21)37-31(35)23-11-13-24(14-12-23)32(36)38-30-18-16-26(34)20-28(30)22-9-5-2-6-10-22/h1-20,33-34H. The number of hydrogen-bond acceptors (Lipinski definition) is 6. The van der Waals surface area contributed by atoms with Crippen LogP contribution in [0, 0.1) is 0 Å². The number of rotatable bonds is 6. The highest BCUT2D eigenvalue weighted by Crippen LogP contribution is 2.35. The molecule has 0 heterocycles. The van der Waals surface area contributed by atoms with E-state index >= 15 is 0 Å². The zero-order chi connectivity index (χ0) is 26.5. The number of esters is 2. The summed E-state index contributed by atoms with van der Waals surface area (Å²) >= 11 is 0. The highest BCUT2D eigenvalue weighted by Gasteiger charge is 2.17. The number of carbonyl (C=O) groups excluding carboxylic acids is 2. The second-order valence-corrected chi connectivity index (χ2v) is 8.45. The summed E-state index contributed by atoms with van der Waals surface area (Å²) in [5, 5.41) is 19.9. The maximum absolute atomic E-state index is 12.9. The molecule has 0 aliphatic heterocycles. The van der Waals surface area contributed by atoms with Crippen LogP contribution in [0.4, 0.5) is 0 Å². The maximum Gasteiger partial charge on any atom is 0.343 e. The zero-order valence-corrected chi connectivity index (χ0v) is 20.1. The van der Waals surface area contributed by atoms with Gasteiger partial charge in [-0.2, -0.15) is 0 Å². The largest absolute Gasteiger partial charge is 0.508 e. The van der Waals surface area contributed by atoms with Crippen LogP contribution in [0.5, 0.6) is 23.0 Å². The molecule has 6 heteroatoms. The van der Waals surface area contributed by atoms with Gasteiger partial charge in [-0.15, -0.1) is 0 Å². The monoisotopic (exact) mass is 502 g/mol. The van der Waals surface area contributed by atoms with Crippen molar-refractivity contribution in [2.75, 3.05) is 0 Å². The Labute approximate surface area is 219 Å². The predicted octanol–water partition coefficient (Wildman–Crippen LogP) is 6.87. The van der Waals surface area contributed by atoms with E-state index in [1.807, 2.05) is 60.7 Å². The minimum Gasteiger partial charge on any atom is -0.508 e. The number of benzene rings is 5. The summed E-state index contributed by atoms with van der Waals surface area (Å²) in [5.41, 5.74) is 3.19. The minimum atomic E-state index is -0.613.